The Hall–Kier alpha value is -1.36. The summed E-state index contributed by atoms with van der Waals surface area (Å²) in [5, 5.41) is 0. The number of pyridine rings is 1. The number of nitrogens with zero attached hydrogens (tertiary/aromatic N) is 1. The topological polar surface area (TPSA) is 12.9 Å². The summed E-state index contributed by atoms with van der Waals surface area (Å²) in [6, 6.07) is 3.06. The zero-order chi connectivity index (χ0) is 12.8. The number of aromatic nitrogens is 1. The maximum atomic E-state index is 12.6. The Labute approximate surface area is 109 Å². The van der Waals surface area contributed by atoms with Crippen molar-refractivity contribution in [1.29, 1.82) is 0 Å². The lowest BCUT2D eigenvalue weighted by atomic mass is 9.80. The molecule has 1 heterocycles. The zero-order valence-corrected chi connectivity index (χ0v) is 11.0. The Kier molecular flexibility index (Phi) is 4.75. The van der Waals surface area contributed by atoms with Crippen LogP contribution in [-0.4, -0.2) is 4.98 Å². The highest BCUT2D eigenvalue weighted by molar-refractivity contribution is 5.31. The minimum Gasteiger partial charge on any atom is -0.227 e. The molecule has 0 spiro atoms. The Morgan fingerprint density at radius 3 is 2.67 bits per heavy atom. The third-order valence-corrected chi connectivity index (χ3v) is 3.69. The number of rotatable bonds is 2. The van der Waals surface area contributed by atoms with Crippen molar-refractivity contribution in [2.45, 2.75) is 45.4 Å². The first-order chi connectivity index (χ1) is 8.78. The van der Waals surface area contributed by atoms with E-state index >= 15 is 0 Å². The highest BCUT2D eigenvalue weighted by Crippen LogP contribution is 2.31. The van der Waals surface area contributed by atoms with Crippen molar-refractivity contribution >= 4 is 0 Å². The number of hydrogen-bond acceptors (Lipinski definition) is 1. The lowest BCUT2D eigenvalue weighted by Crippen LogP contribution is -2.13. The summed E-state index contributed by atoms with van der Waals surface area (Å²) in [5.41, 5.74) is 0.812. The highest BCUT2D eigenvalue weighted by atomic mass is 19.1. The molecule has 2 heteroatoms. The van der Waals surface area contributed by atoms with Gasteiger partial charge in [-0.15, -0.1) is 0 Å². The van der Waals surface area contributed by atoms with Crippen LogP contribution in [0.15, 0.2) is 18.3 Å². The van der Waals surface area contributed by atoms with Gasteiger partial charge in [0.05, 0.1) is 0 Å². The quantitative estimate of drug-likeness (QED) is 0.562. The van der Waals surface area contributed by atoms with E-state index in [9.17, 15) is 4.39 Å². The van der Waals surface area contributed by atoms with Crippen LogP contribution in [0.2, 0.25) is 0 Å². The summed E-state index contributed by atoms with van der Waals surface area (Å²) in [4.78, 5) is 3.61. The molecule has 1 nitrogen and oxygen atoms in total. The molecule has 1 aliphatic rings. The molecule has 0 atom stereocenters. The first kappa shape index (κ1) is 13.1. The molecule has 0 bridgehead atoms. The minimum absolute atomic E-state index is 0.444. The van der Waals surface area contributed by atoms with Gasteiger partial charge in [0.1, 0.15) is 0 Å². The van der Waals surface area contributed by atoms with Gasteiger partial charge >= 0.3 is 0 Å². The standard InChI is InChI=1S/C16H20FN/c1-2-3-13-4-6-14(7-5-13)8-9-15-10-11-16(17)18-12-15/h10-14H,2-7H2,1H3. The Balaban J connectivity index is 1.86. The van der Waals surface area contributed by atoms with E-state index in [1.165, 1.54) is 50.8 Å². The van der Waals surface area contributed by atoms with Crippen LogP contribution < -0.4 is 0 Å². The van der Waals surface area contributed by atoms with Crippen LogP contribution in [0, 0.1) is 29.6 Å². The van der Waals surface area contributed by atoms with Crippen molar-refractivity contribution in [2.75, 3.05) is 0 Å². The monoisotopic (exact) mass is 245 g/mol. The second-order valence-corrected chi connectivity index (χ2v) is 5.15. The molecule has 0 amide bonds. The summed E-state index contributed by atoms with van der Waals surface area (Å²) in [5.74, 6) is 7.41. The average molecular weight is 245 g/mol. The van der Waals surface area contributed by atoms with Crippen molar-refractivity contribution in [2.24, 2.45) is 11.8 Å². The molecular formula is C16H20FN. The molecule has 1 aliphatic carbocycles. The molecule has 96 valence electrons. The Bertz CT molecular complexity index is 419. The molecule has 0 N–H and O–H groups in total. The number of halogens is 1. The fourth-order valence-corrected chi connectivity index (χ4v) is 2.64. The second-order valence-electron chi connectivity index (χ2n) is 5.15. The SMILES string of the molecule is CCCC1CCC(C#Cc2ccc(F)nc2)CC1. The van der Waals surface area contributed by atoms with Gasteiger partial charge in [0.2, 0.25) is 5.95 Å². The summed E-state index contributed by atoms with van der Waals surface area (Å²) >= 11 is 0. The van der Waals surface area contributed by atoms with Crippen molar-refractivity contribution in [3.8, 4) is 11.8 Å². The average Bonchev–Trinajstić information content (AvgIpc) is 2.40. The van der Waals surface area contributed by atoms with E-state index in [1.54, 1.807) is 6.07 Å². The third kappa shape index (κ3) is 3.84. The normalized spacial score (nSPS) is 23.2. The van der Waals surface area contributed by atoms with E-state index in [0.29, 0.717) is 5.92 Å². The maximum Gasteiger partial charge on any atom is 0.212 e. The molecular weight excluding hydrogens is 225 g/mol. The largest absolute Gasteiger partial charge is 0.227 e. The van der Waals surface area contributed by atoms with Gasteiger partial charge in [-0.2, -0.15) is 4.39 Å². The van der Waals surface area contributed by atoms with Crippen LogP contribution in [0.4, 0.5) is 4.39 Å². The predicted octanol–water partition coefficient (Wildman–Crippen LogP) is 4.18. The zero-order valence-electron chi connectivity index (χ0n) is 11.0. The third-order valence-electron chi connectivity index (χ3n) is 3.69. The van der Waals surface area contributed by atoms with Crippen LogP contribution in [-0.2, 0) is 0 Å². The fourth-order valence-electron chi connectivity index (χ4n) is 2.64. The minimum atomic E-state index is -0.444. The lowest BCUT2D eigenvalue weighted by Gasteiger charge is -2.25. The van der Waals surface area contributed by atoms with Gasteiger partial charge in [-0.05, 0) is 43.7 Å². The molecule has 2 rings (SSSR count). The molecule has 0 saturated heterocycles. The summed E-state index contributed by atoms with van der Waals surface area (Å²) < 4.78 is 12.6. The summed E-state index contributed by atoms with van der Waals surface area (Å²) in [7, 11) is 0. The Morgan fingerprint density at radius 2 is 2.06 bits per heavy atom. The highest BCUT2D eigenvalue weighted by Gasteiger charge is 2.18. The van der Waals surface area contributed by atoms with Crippen molar-refractivity contribution in [1.82, 2.24) is 4.98 Å². The van der Waals surface area contributed by atoms with Gasteiger partial charge in [0, 0.05) is 17.7 Å². The molecule has 18 heavy (non-hydrogen) atoms. The molecule has 1 aromatic rings. The van der Waals surface area contributed by atoms with E-state index in [1.807, 2.05) is 0 Å². The molecule has 1 aromatic heterocycles. The number of hydrogen-bond donors (Lipinski definition) is 0. The van der Waals surface area contributed by atoms with Gasteiger partial charge in [0.25, 0.3) is 0 Å². The maximum absolute atomic E-state index is 12.6. The molecule has 0 unspecified atom stereocenters. The fraction of sp³-hybridized carbons (Fsp3) is 0.562. The van der Waals surface area contributed by atoms with Gasteiger partial charge in [-0.25, -0.2) is 4.98 Å². The van der Waals surface area contributed by atoms with E-state index in [0.717, 1.165) is 11.5 Å². The molecule has 1 fully saturated rings. The van der Waals surface area contributed by atoms with Gasteiger partial charge < -0.3 is 0 Å². The molecule has 0 aliphatic heterocycles. The van der Waals surface area contributed by atoms with Crippen LogP contribution in [0.5, 0.6) is 0 Å². The van der Waals surface area contributed by atoms with Gasteiger partial charge in [0.15, 0.2) is 0 Å². The first-order valence-corrected chi connectivity index (χ1v) is 6.91. The smallest absolute Gasteiger partial charge is 0.212 e. The van der Waals surface area contributed by atoms with Crippen LogP contribution in [0.1, 0.15) is 51.0 Å². The molecule has 0 radical (unpaired) electrons. The molecule has 1 saturated carbocycles. The van der Waals surface area contributed by atoms with E-state index in [2.05, 4.69) is 23.7 Å². The van der Waals surface area contributed by atoms with Crippen molar-refractivity contribution in [3.63, 3.8) is 0 Å². The van der Waals surface area contributed by atoms with E-state index in [-0.39, 0.29) is 0 Å². The molecule has 0 aromatic carbocycles. The summed E-state index contributed by atoms with van der Waals surface area (Å²) in [6.07, 6.45) is 9.22. The lowest BCUT2D eigenvalue weighted by molar-refractivity contribution is 0.300. The van der Waals surface area contributed by atoms with Gasteiger partial charge in [-0.1, -0.05) is 31.6 Å². The van der Waals surface area contributed by atoms with E-state index in [4.69, 9.17) is 0 Å². The van der Waals surface area contributed by atoms with Crippen molar-refractivity contribution < 1.29 is 4.39 Å². The Morgan fingerprint density at radius 1 is 1.28 bits per heavy atom. The first-order valence-electron chi connectivity index (χ1n) is 6.91. The second kappa shape index (κ2) is 6.54. The van der Waals surface area contributed by atoms with Crippen LogP contribution in [0.25, 0.3) is 0 Å². The summed E-state index contributed by atoms with van der Waals surface area (Å²) in [6.45, 7) is 2.26. The van der Waals surface area contributed by atoms with Crippen molar-refractivity contribution in [3.05, 3.63) is 29.8 Å². The van der Waals surface area contributed by atoms with E-state index < -0.39 is 5.95 Å². The van der Waals surface area contributed by atoms with Gasteiger partial charge in [-0.3, -0.25) is 0 Å². The predicted molar refractivity (Wildman–Crippen MR) is 71.4 cm³/mol. The van der Waals surface area contributed by atoms with Crippen LogP contribution in [0.3, 0.4) is 0 Å². The van der Waals surface area contributed by atoms with Crippen LogP contribution >= 0.6 is 0 Å².